The zero-order chi connectivity index (χ0) is 32.0. The smallest absolute Gasteiger partial charge is 0.446 e. The number of ether oxygens (including phenoxy) is 1. The molecule has 0 radical (unpaired) electrons. The van der Waals surface area contributed by atoms with Crippen LogP contribution in [-0.4, -0.2) is 76.2 Å². The maximum atomic E-state index is 14.2. The first kappa shape index (κ1) is 31.8. The second-order valence-corrected chi connectivity index (χ2v) is 12.5. The van der Waals surface area contributed by atoms with Gasteiger partial charge in [-0.1, -0.05) is 0 Å². The molecule has 2 fully saturated rings. The predicted molar refractivity (Wildman–Crippen MR) is 143 cm³/mol. The number of likely N-dealkylation sites (tertiary alicyclic amines) is 1. The van der Waals surface area contributed by atoms with E-state index in [-0.39, 0.29) is 74.0 Å². The molecule has 5 rings (SSSR count). The summed E-state index contributed by atoms with van der Waals surface area (Å²) in [5.41, 5.74) is 0.232. The van der Waals surface area contributed by atoms with Crippen LogP contribution in [0.5, 0.6) is 0 Å². The van der Waals surface area contributed by atoms with E-state index in [0.717, 1.165) is 17.0 Å². The van der Waals surface area contributed by atoms with Gasteiger partial charge in [-0.25, -0.2) is 22.0 Å². The number of alkyl halides is 5. The Labute approximate surface area is 247 Å². The van der Waals surface area contributed by atoms with Crippen molar-refractivity contribution in [3.05, 3.63) is 47.5 Å². The summed E-state index contributed by atoms with van der Waals surface area (Å²) in [6.45, 7) is -1.53. The van der Waals surface area contributed by atoms with Crippen molar-refractivity contribution in [1.82, 2.24) is 4.90 Å². The molecule has 2 aromatic rings. The topological polar surface area (TPSA) is 99.3 Å². The summed E-state index contributed by atoms with van der Waals surface area (Å²) >= 11 is 0. The fourth-order valence-corrected chi connectivity index (χ4v) is 6.62. The first-order valence-electron chi connectivity index (χ1n) is 13.7. The Hall–Kier alpha value is -3.60. The number of halogens is 7. The molecule has 0 aromatic heterocycles. The van der Waals surface area contributed by atoms with Gasteiger partial charge in [-0.15, -0.1) is 0 Å². The second kappa shape index (κ2) is 11.7. The Morgan fingerprint density at radius 2 is 1.68 bits per heavy atom. The SMILES string of the molecule is O=C1CCCN1c1cc(S(=O)(=O)Nc2ccc(F)cc2F)cc2c1N(C(=O)OC1CCN(CC(F)(F)C(F)(F)F)CC1)CC2. The first-order chi connectivity index (χ1) is 20.6. The monoisotopic (exact) mass is 652 g/mol. The van der Waals surface area contributed by atoms with Crippen molar-refractivity contribution < 1.29 is 53.5 Å². The molecule has 240 valence electrons. The molecule has 0 bridgehead atoms. The number of hydrogen-bond acceptors (Lipinski definition) is 6. The molecular weight excluding hydrogens is 625 g/mol. The Morgan fingerprint density at radius 3 is 2.30 bits per heavy atom. The number of rotatable bonds is 7. The van der Waals surface area contributed by atoms with E-state index in [2.05, 4.69) is 4.72 Å². The summed E-state index contributed by atoms with van der Waals surface area (Å²) in [6, 6.07) is 4.76. The predicted octanol–water partition coefficient (Wildman–Crippen LogP) is 5.05. The van der Waals surface area contributed by atoms with Gasteiger partial charge in [0.15, 0.2) is 0 Å². The summed E-state index contributed by atoms with van der Waals surface area (Å²) in [4.78, 5) is 29.2. The fourth-order valence-electron chi connectivity index (χ4n) is 5.48. The third-order valence-corrected chi connectivity index (χ3v) is 9.07. The normalized spacial score (nSPS) is 18.6. The minimum absolute atomic E-state index is 0.0145. The number of benzene rings is 2. The van der Waals surface area contributed by atoms with Crippen LogP contribution in [0.4, 0.5) is 52.6 Å². The number of anilines is 3. The van der Waals surface area contributed by atoms with Gasteiger partial charge in [0, 0.05) is 38.7 Å². The highest BCUT2D eigenvalue weighted by Gasteiger charge is 2.58. The highest BCUT2D eigenvalue weighted by Crippen LogP contribution is 2.42. The number of sulfonamides is 1. The van der Waals surface area contributed by atoms with E-state index in [4.69, 9.17) is 4.74 Å². The van der Waals surface area contributed by atoms with Crippen molar-refractivity contribution in [2.75, 3.05) is 47.2 Å². The Morgan fingerprint density at radius 1 is 0.977 bits per heavy atom. The van der Waals surface area contributed by atoms with Gasteiger partial charge < -0.3 is 9.64 Å². The Balaban J connectivity index is 1.35. The van der Waals surface area contributed by atoms with Crippen molar-refractivity contribution in [2.24, 2.45) is 0 Å². The van der Waals surface area contributed by atoms with Crippen molar-refractivity contribution in [3.8, 4) is 0 Å². The first-order valence-corrected chi connectivity index (χ1v) is 15.1. The highest BCUT2D eigenvalue weighted by atomic mass is 32.2. The molecule has 0 unspecified atom stereocenters. The minimum Gasteiger partial charge on any atom is -0.446 e. The summed E-state index contributed by atoms with van der Waals surface area (Å²) in [5.74, 6) is -7.24. The van der Waals surface area contributed by atoms with E-state index in [1.807, 2.05) is 0 Å². The molecule has 44 heavy (non-hydrogen) atoms. The van der Waals surface area contributed by atoms with E-state index >= 15 is 0 Å². The molecule has 1 N–H and O–H groups in total. The third-order valence-electron chi connectivity index (χ3n) is 7.73. The number of nitrogens with one attached hydrogen (secondary N) is 1. The van der Waals surface area contributed by atoms with Crippen molar-refractivity contribution >= 4 is 39.1 Å². The summed E-state index contributed by atoms with van der Waals surface area (Å²) in [7, 11) is -4.44. The average molecular weight is 653 g/mol. The van der Waals surface area contributed by atoms with Crippen LogP contribution in [0.3, 0.4) is 0 Å². The lowest BCUT2D eigenvalue weighted by Crippen LogP contribution is -2.50. The highest BCUT2D eigenvalue weighted by molar-refractivity contribution is 7.92. The lowest BCUT2D eigenvalue weighted by atomic mass is 10.1. The van der Waals surface area contributed by atoms with Crippen molar-refractivity contribution in [3.63, 3.8) is 0 Å². The molecule has 2 saturated heterocycles. The molecule has 3 aliphatic heterocycles. The maximum Gasteiger partial charge on any atom is 0.454 e. The number of carbonyl (C=O) groups excluding carboxylic acids is 2. The second-order valence-electron chi connectivity index (χ2n) is 10.8. The van der Waals surface area contributed by atoms with Crippen LogP contribution >= 0.6 is 0 Å². The molecule has 0 atom stereocenters. The van der Waals surface area contributed by atoms with E-state index in [1.54, 1.807) is 0 Å². The Bertz CT molecular complexity index is 1560. The number of piperidine rings is 1. The van der Waals surface area contributed by atoms with Gasteiger partial charge in [0.05, 0.1) is 28.5 Å². The van der Waals surface area contributed by atoms with Gasteiger partial charge in [-0.2, -0.15) is 22.0 Å². The van der Waals surface area contributed by atoms with Crippen LogP contribution in [0, 0.1) is 11.6 Å². The summed E-state index contributed by atoms with van der Waals surface area (Å²) < 4.78 is 126. The van der Waals surface area contributed by atoms with Gasteiger partial charge in [-0.3, -0.25) is 19.3 Å². The summed E-state index contributed by atoms with van der Waals surface area (Å²) in [5, 5.41) is 0. The number of amides is 2. The molecular formula is C27H27F7N4O5S. The molecule has 3 aliphatic rings. The standard InChI is InChI=1S/C27H27F7N4O5S/c28-17-3-4-21(20(29)13-17)35-44(41,42)19-12-16-5-11-38(24(16)22(14-19)37-8-1-2-23(37)39)25(40)43-18-6-9-36(10-7-18)15-26(30,31)27(32,33)34/h3-4,12-14,18,35H,1-2,5-11,15H2. The van der Waals surface area contributed by atoms with Gasteiger partial charge in [-0.05, 0) is 55.5 Å². The molecule has 0 saturated carbocycles. The fraction of sp³-hybridized carbons (Fsp3) is 0.481. The van der Waals surface area contributed by atoms with Crippen LogP contribution in [0.25, 0.3) is 0 Å². The third kappa shape index (κ3) is 6.43. The lowest BCUT2D eigenvalue weighted by molar-refractivity contribution is -0.287. The molecule has 9 nitrogen and oxygen atoms in total. The van der Waals surface area contributed by atoms with Crippen LogP contribution in [0.15, 0.2) is 35.2 Å². The summed E-state index contributed by atoms with van der Waals surface area (Å²) in [6.07, 6.45) is -6.45. The zero-order valence-electron chi connectivity index (χ0n) is 23.0. The number of nitrogens with zero attached hydrogens (tertiary/aromatic N) is 3. The molecule has 3 heterocycles. The number of fused-ring (bicyclic) bond motifs is 1. The molecule has 0 aliphatic carbocycles. The average Bonchev–Trinajstić information content (AvgIpc) is 3.56. The van der Waals surface area contributed by atoms with Gasteiger partial charge in [0.1, 0.15) is 17.7 Å². The zero-order valence-corrected chi connectivity index (χ0v) is 23.8. The Kier molecular flexibility index (Phi) is 8.48. The lowest BCUT2D eigenvalue weighted by Gasteiger charge is -2.35. The molecule has 2 amide bonds. The van der Waals surface area contributed by atoms with Crippen LogP contribution < -0.4 is 14.5 Å². The molecule has 0 spiro atoms. The quantitative estimate of drug-likeness (QED) is 0.421. The van der Waals surface area contributed by atoms with Gasteiger partial charge >= 0.3 is 18.2 Å². The van der Waals surface area contributed by atoms with Crippen LogP contribution in [0.2, 0.25) is 0 Å². The minimum atomic E-state index is -5.68. The van der Waals surface area contributed by atoms with E-state index < -0.39 is 58.2 Å². The van der Waals surface area contributed by atoms with Crippen LogP contribution in [0.1, 0.15) is 31.2 Å². The van der Waals surface area contributed by atoms with Gasteiger partial charge in [0.2, 0.25) is 5.91 Å². The molecule has 2 aromatic carbocycles. The largest absolute Gasteiger partial charge is 0.454 e. The number of hydrogen-bond donors (Lipinski definition) is 1. The van der Waals surface area contributed by atoms with Crippen molar-refractivity contribution in [2.45, 2.75) is 55.2 Å². The van der Waals surface area contributed by atoms with E-state index in [0.29, 0.717) is 18.1 Å². The maximum absolute atomic E-state index is 14.2. The van der Waals surface area contributed by atoms with E-state index in [9.17, 15) is 48.7 Å². The molecule has 17 heteroatoms. The van der Waals surface area contributed by atoms with Crippen LogP contribution in [-0.2, 0) is 26.0 Å². The van der Waals surface area contributed by atoms with Gasteiger partial charge in [0.25, 0.3) is 10.0 Å². The van der Waals surface area contributed by atoms with Crippen molar-refractivity contribution in [1.29, 1.82) is 0 Å². The van der Waals surface area contributed by atoms with E-state index in [1.165, 1.54) is 21.9 Å². The number of carbonyl (C=O) groups is 2.